The fourth-order valence-electron chi connectivity index (χ4n) is 4.94. The normalized spacial score (nSPS) is 22.8. The Labute approximate surface area is 212 Å². The molecule has 2 unspecified atom stereocenters. The molecule has 1 amide bonds. The van der Waals surface area contributed by atoms with E-state index in [2.05, 4.69) is 43.9 Å². The number of rotatable bonds is 5. The molecule has 7 nitrogen and oxygen atoms in total. The molecule has 9 heteroatoms. The van der Waals surface area contributed by atoms with Gasteiger partial charge >= 0.3 is 0 Å². The summed E-state index contributed by atoms with van der Waals surface area (Å²) in [6.07, 6.45) is 3.69. The molecule has 0 radical (unpaired) electrons. The number of hydrogen-bond donors (Lipinski definition) is 2. The third kappa shape index (κ3) is 4.09. The summed E-state index contributed by atoms with van der Waals surface area (Å²) in [5.74, 6) is 6.85. The van der Waals surface area contributed by atoms with Crippen molar-refractivity contribution in [1.29, 1.82) is 0 Å². The van der Waals surface area contributed by atoms with Gasteiger partial charge in [0, 0.05) is 23.9 Å². The number of benzene rings is 2. The molecule has 2 atom stereocenters. The minimum Gasteiger partial charge on any atom is -0.378 e. The lowest BCUT2D eigenvalue weighted by Crippen LogP contribution is -2.49. The van der Waals surface area contributed by atoms with E-state index in [4.69, 9.17) is 16.3 Å². The molecule has 3 aliphatic rings. The van der Waals surface area contributed by atoms with Crippen molar-refractivity contribution in [1.82, 2.24) is 14.9 Å². The van der Waals surface area contributed by atoms with Crippen LogP contribution in [0.5, 0.6) is 0 Å². The molecule has 0 bridgehead atoms. The number of ether oxygens (including phenoxy) is 1. The second-order valence-electron chi connectivity index (χ2n) is 9.48. The summed E-state index contributed by atoms with van der Waals surface area (Å²) >= 11 is 5.93. The van der Waals surface area contributed by atoms with Crippen LogP contribution in [0.15, 0.2) is 49.3 Å². The largest absolute Gasteiger partial charge is 0.378 e. The standard InChI is InChI=1S/C27H23ClFN5O2/c1-2-24(35)32-22-9-19-23(30-15-31-26(19)33-21-5-3-4-20(28)25(21)29)8-16(22)6-7-27-10-17(27)11-34(14-27)18-12-36-13-18/h2-5,8-9,15,17-18H,1,10-14H2,(H,32,35)(H,30,31,33). The van der Waals surface area contributed by atoms with Gasteiger partial charge in [-0.25, -0.2) is 14.4 Å². The zero-order chi connectivity index (χ0) is 24.9. The Morgan fingerprint density at radius 2 is 2.17 bits per heavy atom. The topological polar surface area (TPSA) is 79.4 Å². The Hall–Kier alpha value is -3.51. The van der Waals surface area contributed by atoms with E-state index in [0.29, 0.717) is 39.9 Å². The number of halogens is 2. The molecular formula is C27H23ClFN5O2. The zero-order valence-electron chi connectivity index (χ0n) is 19.4. The van der Waals surface area contributed by atoms with E-state index in [1.54, 1.807) is 18.2 Å². The molecule has 2 aromatic carbocycles. The number of hydrogen-bond acceptors (Lipinski definition) is 6. The van der Waals surface area contributed by atoms with Crippen LogP contribution in [0, 0.1) is 29.0 Å². The Morgan fingerprint density at radius 3 is 2.94 bits per heavy atom. The summed E-state index contributed by atoms with van der Waals surface area (Å²) in [6.45, 7) is 7.15. The third-order valence-electron chi connectivity index (χ3n) is 7.18. The molecule has 182 valence electrons. The molecule has 1 aliphatic carbocycles. The minimum atomic E-state index is -0.578. The van der Waals surface area contributed by atoms with Crippen LogP contribution in [0.2, 0.25) is 5.02 Å². The van der Waals surface area contributed by atoms with E-state index in [9.17, 15) is 9.18 Å². The molecule has 3 fully saturated rings. The number of nitrogens with one attached hydrogen (secondary N) is 2. The molecule has 6 rings (SSSR count). The SMILES string of the molecule is C=CC(=O)Nc1cc2c(Nc3cccc(Cl)c3F)ncnc2cc1C#CC12CC1CN(C1COC1)C2. The molecule has 1 aromatic heterocycles. The Kier molecular flexibility index (Phi) is 5.64. The minimum absolute atomic E-state index is 0.00271. The van der Waals surface area contributed by atoms with Gasteiger partial charge in [0.25, 0.3) is 0 Å². The highest BCUT2D eigenvalue weighted by Crippen LogP contribution is 2.58. The van der Waals surface area contributed by atoms with Crippen molar-refractivity contribution in [2.45, 2.75) is 12.5 Å². The quantitative estimate of drug-likeness (QED) is 0.398. The van der Waals surface area contributed by atoms with Crippen molar-refractivity contribution in [2.24, 2.45) is 11.3 Å². The number of carbonyl (C=O) groups is 1. The lowest BCUT2D eigenvalue weighted by atomic mass is 10.0. The van der Waals surface area contributed by atoms with Gasteiger partial charge < -0.3 is 15.4 Å². The first-order valence-corrected chi connectivity index (χ1v) is 12.1. The van der Waals surface area contributed by atoms with Gasteiger partial charge in [-0.1, -0.05) is 36.1 Å². The second-order valence-corrected chi connectivity index (χ2v) is 9.89. The van der Waals surface area contributed by atoms with Crippen LogP contribution < -0.4 is 10.6 Å². The van der Waals surface area contributed by atoms with Gasteiger partial charge in [-0.15, -0.1) is 0 Å². The number of likely N-dealkylation sites (tertiary alicyclic amines) is 1. The molecule has 36 heavy (non-hydrogen) atoms. The van der Waals surface area contributed by atoms with Crippen LogP contribution in [-0.4, -0.2) is 53.1 Å². The van der Waals surface area contributed by atoms with Gasteiger partial charge in [0.15, 0.2) is 5.82 Å². The highest BCUT2D eigenvalue weighted by atomic mass is 35.5. The summed E-state index contributed by atoms with van der Waals surface area (Å²) in [5.41, 5.74) is 1.96. The monoisotopic (exact) mass is 503 g/mol. The van der Waals surface area contributed by atoms with Crippen molar-refractivity contribution in [3.05, 3.63) is 65.7 Å². The van der Waals surface area contributed by atoms with E-state index in [-0.39, 0.29) is 22.0 Å². The highest BCUT2D eigenvalue weighted by molar-refractivity contribution is 6.31. The average Bonchev–Trinajstić information content (AvgIpc) is 3.39. The van der Waals surface area contributed by atoms with E-state index in [0.717, 1.165) is 32.7 Å². The highest BCUT2D eigenvalue weighted by Gasteiger charge is 2.60. The third-order valence-corrected chi connectivity index (χ3v) is 7.47. The first-order valence-electron chi connectivity index (χ1n) is 11.7. The molecular weight excluding hydrogens is 481 g/mol. The molecule has 3 aromatic rings. The van der Waals surface area contributed by atoms with Crippen molar-refractivity contribution in [2.75, 3.05) is 36.9 Å². The Balaban J connectivity index is 1.36. The zero-order valence-corrected chi connectivity index (χ0v) is 20.1. The number of anilines is 3. The van der Waals surface area contributed by atoms with Crippen molar-refractivity contribution in [3.8, 4) is 11.8 Å². The van der Waals surface area contributed by atoms with E-state index >= 15 is 0 Å². The summed E-state index contributed by atoms with van der Waals surface area (Å²) in [4.78, 5) is 23.4. The second kappa shape index (κ2) is 8.86. The smallest absolute Gasteiger partial charge is 0.247 e. The number of nitrogens with zero attached hydrogens (tertiary/aromatic N) is 3. The summed E-state index contributed by atoms with van der Waals surface area (Å²) in [6, 6.07) is 8.77. The number of aromatic nitrogens is 2. The van der Waals surface area contributed by atoms with Crippen LogP contribution in [0.25, 0.3) is 10.9 Å². The van der Waals surface area contributed by atoms with Crippen LogP contribution in [0.3, 0.4) is 0 Å². The number of amides is 1. The van der Waals surface area contributed by atoms with E-state index < -0.39 is 5.82 Å². The lowest BCUT2D eigenvalue weighted by molar-refractivity contribution is -0.111. The van der Waals surface area contributed by atoms with Crippen molar-refractivity contribution in [3.63, 3.8) is 0 Å². The molecule has 2 saturated heterocycles. The fraction of sp³-hybridized carbons (Fsp3) is 0.296. The average molecular weight is 504 g/mol. The van der Waals surface area contributed by atoms with Crippen molar-refractivity contribution >= 4 is 45.6 Å². The van der Waals surface area contributed by atoms with Gasteiger partial charge in [0.05, 0.1) is 46.7 Å². The maximum absolute atomic E-state index is 14.5. The Bertz CT molecular complexity index is 1460. The van der Waals surface area contributed by atoms with Gasteiger partial charge in [-0.05, 0) is 42.7 Å². The van der Waals surface area contributed by atoms with Crippen LogP contribution in [0.1, 0.15) is 12.0 Å². The van der Waals surface area contributed by atoms with Crippen LogP contribution in [-0.2, 0) is 9.53 Å². The lowest BCUT2D eigenvalue weighted by Gasteiger charge is -2.35. The Morgan fingerprint density at radius 1 is 1.31 bits per heavy atom. The molecule has 2 aliphatic heterocycles. The van der Waals surface area contributed by atoms with E-state index in [1.807, 2.05) is 6.07 Å². The molecule has 1 saturated carbocycles. The predicted molar refractivity (Wildman–Crippen MR) is 137 cm³/mol. The van der Waals surface area contributed by atoms with Gasteiger partial charge in [0.1, 0.15) is 12.1 Å². The van der Waals surface area contributed by atoms with Gasteiger partial charge in [0.2, 0.25) is 5.91 Å². The summed E-state index contributed by atoms with van der Waals surface area (Å²) in [5, 5.41) is 6.44. The maximum Gasteiger partial charge on any atom is 0.247 e. The summed E-state index contributed by atoms with van der Waals surface area (Å²) < 4.78 is 19.9. The fourth-order valence-corrected chi connectivity index (χ4v) is 5.12. The van der Waals surface area contributed by atoms with Crippen molar-refractivity contribution < 1.29 is 13.9 Å². The predicted octanol–water partition coefficient (Wildman–Crippen LogP) is 4.36. The number of carbonyl (C=O) groups excluding carboxylic acids is 1. The molecule has 0 spiro atoms. The summed E-state index contributed by atoms with van der Waals surface area (Å²) in [7, 11) is 0. The van der Waals surface area contributed by atoms with Gasteiger partial charge in [-0.2, -0.15) is 0 Å². The molecule has 2 N–H and O–H groups in total. The van der Waals surface area contributed by atoms with Crippen LogP contribution >= 0.6 is 11.6 Å². The van der Waals surface area contributed by atoms with Gasteiger partial charge in [-0.3, -0.25) is 9.69 Å². The number of piperidine rings is 1. The first-order chi connectivity index (χ1) is 17.5. The number of fused-ring (bicyclic) bond motifs is 2. The molecule has 3 heterocycles. The first kappa shape index (κ1) is 22.9. The maximum atomic E-state index is 14.5. The van der Waals surface area contributed by atoms with E-state index in [1.165, 1.54) is 18.5 Å². The van der Waals surface area contributed by atoms with Crippen LogP contribution in [0.4, 0.5) is 21.6 Å².